The number of carboxylic acids is 1. The Morgan fingerprint density at radius 3 is 2.74 bits per heavy atom. The summed E-state index contributed by atoms with van der Waals surface area (Å²) in [5.74, 6) is -0.161. The van der Waals surface area contributed by atoms with Crippen molar-refractivity contribution in [1.82, 2.24) is 10.3 Å². The topological polar surface area (TPSA) is 97.8 Å². The average Bonchev–Trinajstić information content (AvgIpc) is 3.04. The number of thiazole rings is 1. The second-order valence-corrected chi connectivity index (χ2v) is 5.98. The van der Waals surface area contributed by atoms with Crippen molar-refractivity contribution in [2.24, 2.45) is 0 Å². The van der Waals surface area contributed by atoms with E-state index >= 15 is 0 Å². The Labute approximate surface area is 135 Å². The van der Waals surface area contributed by atoms with Crippen LogP contribution in [0.1, 0.15) is 38.0 Å². The van der Waals surface area contributed by atoms with Crippen LogP contribution in [-0.4, -0.2) is 35.2 Å². The maximum atomic E-state index is 12.3. The molecule has 1 amide bonds. The molecule has 0 aliphatic carbocycles. The zero-order valence-corrected chi connectivity index (χ0v) is 13.1. The smallest absolute Gasteiger partial charge is 0.347 e. The second-order valence-electron chi connectivity index (χ2n) is 4.92. The van der Waals surface area contributed by atoms with Crippen molar-refractivity contribution in [2.75, 3.05) is 13.2 Å². The van der Waals surface area contributed by atoms with E-state index in [1.807, 2.05) is 0 Å². The van der Waals surface area contributed by atoms with Gasteiger partial charge in [0.2, 0.25) is 0 Å². The van der Waals surface area contributed by atoms with Crippen molar-refractivity contribution in [2.45, 2.75) is 13.0 Å². The van der Waals surface area contributed by atoms with Crippen LogP contribution in [0.3, 0.4) is 0 Å². The van der Waals surface area contributed by atoms with E-state index in [0.717, 1.165) is 11.3 Å². The van der Waals surface area contributed by atoms with Gasteiger partial charge in [-0.3, -0.25) is 4.79 Å². The van der Waals surface area contributed by atoms with E-state index in [2.05, 4.69) is 10.3 Å². The van der Waals surface area contributed by atoms with Gasteiger partial charge < -0.3 is 19.9 Å². The molecule has 1 aliphatic heterocycles. The SMILES string of the molecule is CC(NC(=O)c1ccc2c(c1)OCCO2)c1ncc(C(=O)O)s1. The van der Waals surface area contributed by atoms with Gasteiger partial charge in [0.05, 0.1) is 12.2 Å². The summed E-state index contributed by atoms with van der Waals surface area (Å²) in [6, 6.07) is 4.58. The number of benzene rings is 1. The third kappa shape index (κ3) is 3.26. The minimum absolute atomic E-state index is 0.139. The monoisotopic (exact) mass is 334 g/mol. The Morgan fingerprint density at radius 2 is 2.04 bits per heavy atom. The van der Waals surface area contributed by atoms with Crippen molar-refractivity contribution in [1.29, 1.82) is 0 Å². The molecule has 2 heterocycles. The lowest BCUT2D eigenvalue weighted by atomic mass is 10.1. The number of fused-ring (bicyclic) bond motifs is 1. The first-order valence-electron chi connectivity index (χ1n) is 6.94. The van der Waals surface area contributed by atoms with Crippen molar-refractivity contribution < 1.29 is 24.2 Å². The average molecular weight is 334 g/mol. The molecule has 0 bridgehead atoms. The van der Waals surface area contributed by atoms with Crippen LogP contribution >= 0.6 is 11.3 Å². The molecule has 2 aromatic rings. The number of nitrogens with zero attached hydrogens (tertiary/aromatic N) is 1. The summed E-state index contributed by atoms with van der Waals surface area (Å²) in [6.07, 6.45) is 1.29. The molecule has 120 valence electrons. The maximum Gasteiger partial charge on any atom is 0.347 e. The van der Waals surface area contributed by atoms with Crippen molar-refractivity contribution in [3.8, 4) is 11.5 Å². The highest BCUT2D eigenvalue weighted by Crippen LogP contribution is 2.31. The molecule has 1 aliphatic rings. The van der Waals surface area contributed by atoms with Crippen LogP contribution < -0.4 is 14.8 Å². The van der Waals surface area contributed by atoms with Gasteiger partial charge in [0.1, 0.15) is 23.1 Å². The fraction of sp³-hybridized carbons (Fsp3) is 0.267. The number of carbonyl (C=O) groups excluding carboxylic acids is 1. The molecule has 7 nitrogen and oxygen atoms in total. The number of aromatic nitrogens is 1. The molecule has 8 heteroatoms. The third-order valence-corrected chi connectivity index (χ3v) is 4.42. The van der Waals surface area contributed by atoms with Crippen molar-refractivity contribution in [3.05, 3.63) is 39.8 Å². The van der Waals surface area contributed by atoms with E-state index in [1.165, 1.54) is 6.20 Å². The molecular weight excluding hydrogens is 320 g/mol. The number of hydrogen-bond donors (Lipinski definition) is 2. The summed E-state index contributed by atoms with van der Waals surface area (Å²) in [5, 5.41) is 12.2. The van der Waals surface area contributed by atoms with Crippen LogP contribution in [-0.2, 0) is 0 Å². The van der Waals surface area contributed by atoms with Crippen LogP contribution in [0.2, 0.25) is 0 Å². The van der Waals surface area contributed by atoms with Gasteiger partial charge in [0.25, 0.3) is 5.91 Å². The van der Waals surface area contributed by atoms with Crippen molar-refractivity contribution in [3.63, 3.8) is 0 Å². The molecule has 0 spiro atoms. The van der Waals surface area contributed by atoms with Gasteiger partial charge in [-0.25, -0.2) is 9.78 Å². The highest BCUT2D eigenvalue weighted by Gasteiger charge is 2.19. The van der Waals surface area contributed by atoms with Gasteiger partial charge in [-0.05, 0) is 25.1 Å². The molecule has 2 N–H and O–H groups in total. The minimum Gasteiger partial charge on any atom is -0.486 e. The molecular formula is C15H14N2O5S. The molecule has 0 saturated carbocycles. The fourth-order valence-electron chi connectivity index (χ4n) is 2.11. The first-order chi connectivity index (χ1) is 11.0. The molecule has 1 unspecified atom stereocenters. The third-order valence-electron chi connectivity index (χ3n) is 3.26. The Kier molecular flexibility index (Phi) is 4.16. The molecule has 0 saturated heterocycles. The van der Waals surface area contributed by atoms with Crippen LogP contribution in [0.25, 0.3) is 0 Å². The van der Waals surface area contributed by atoms with Gasteiger partial charge in [-0.2, -0.15) is 0 Å². The molecule has 1 aromatic heterocycles. The van der Waals surface area contributed by atoms with E-state index in [-0.39, 0.29) is 10.8 Å². The number of amides is 1. The van der Waals surface area contributed by atoms with Crippen LogP contribution in [0.15, 0.2) is 24.4 Å². The Bertz CT molecular complexity index is 758. The summed E-state index contributed by atoms with van der Waals surface area (Å²) in [6.45, 7) is 2.69. The van der Waals surface area contributed by atoms with Crippen LogP contribution in [0.4, 0.5) is 0 Å². The molecule has 0 radical (unpaired) electrons. The zero-order chi connectivity index (χ0) is 16.4. The van der Waals surface area contributed by atoms with E-state index in [1.54, 1.807) is 25.1 Å². The normalized spacial score (nSPS) is 14.1. The van der Waals surface area contributed by atoms with Gasteiger partial charge in [-0.1, -0.05) is 0 Å². The van der Waals surface area contributed by atoms with Crippen LogP contribution in [0, 0.1) is 0 Å². The lowest BCUT2D eigenvalue weighted by Gasteiger charge is -2.19. The quantitative estimate of drug-likeness (QED) is 0.888. The summed E-state index contributed by atoms with van der Waals surface area (Å²) >= 11 is 1.04. The number of carbonyl (C=O) groups is 2. The van der Waals surface area contributed by atoms with Crippen molar-refractivity contribution >= 4 is 23.2 Å². The second kappa shape index (κ2) is 6.25. The lowest BCUT2D eigenvalue weighted by molar-refractivity contribution is 0.0701. The molecule has 3 rings (SSSR count). The Balaban J connectivity index is 1.71. The first kappa shape index (κ1) is 15.3. The van der Waals surface area contributed by atoms with E-state index in [0.29, 0.717) is 35.3 Å². The largest absolute Gasteiger partial charge is 0.486 e. The number of rotatable bonds is 4. The van der Waals surface area contributed by atoms with E-state index in [4.69, 9.17) is 14.6 Å². The fourth-order valence-corrected chi connectivity index (χ4v) is 2.87. The minimum atomic E-state index is -1.03. The highest BCUT2D eigenvalue weighted by molar-refractivity contribution is 7.13. The lowest BCUT2D eigenvalue weighted by Crippen LogP contribution is -2.26. The van der Waals surface area contributed by atoms with Gasteiger partial charge in [0.15, 0.2) is 11.5 Å². The maximum absolute atomic E-state index is 12.3. The zero-order valence-electron chi connectivity index (χ0n) is 12.2. The summed E-state index contributed by atoms with van der Waals surface area (Å²) < 4.78 is 10.9. The molecule has 1 aromatic carbocycles. The van der Waals surface area contributed by atoms with Gasteiger partial charge >= 0.3 is 5.97 Å². The van der Waals surface area contributed by atoms with Gasteiger partial charge in [0, 0.05) is 5.56 Å². The Morgan fingerprint density at radius 1 is 1.30 bits per heavy atom. The molecule has 1 atom stereocenters. The van der Waals surface area contributed by atoms with E-state index in [9.17, 15) is 9.59 Å². The number of carboxylic acid groups (broad SMARTS) is 1. The number of ether oxygens (including phenoxy) is 2. The summed E-state index contributed by atoms with van der Waals surface area (Å²) in [7, 11) is 0. The number of nitrogens with one attached hydrogen (secondary N) is 1. The predicted octanol–water partition coefficient (Wildman–Crippen LogP) is 2.10. The Hall–Kier alpha value is -2.61. The standard InChI is InChI=1S/C15H14N2O5S/c1-8(14-16-7-12(23-14)15(19)20)17-13(18)9-2-3-10-11(6-9)22-5-4-21-10/h2-3,6-8H,4-5H2,1H3,(H,17,18)(H,19,20). The van der Waals surface area contributed by atoms with Crippen LogP contribution in [0.5, 0.6) is 11.5 Å². The number of hydrogen-bond acceptors (Lipinski definition) is 6. The summed E-state index contributed by atoms with van der Waals surface area (Å²) in [4.78, 5) is 27.4. The molecule has 0 fully saturated rings. The van der Waals surface area contributed by atoms with Gasteiger partial charge in [-0.15, -0.1) is 11.3 Å². The molecule has 23 heavy (non-hydrogen) atoms. The number of aromatic carboxylic acids is 1. The van der Waals surface area contributed by atoms with E-state index < -0.39 is 12.0 Å². The summed E-state index contributed by atoms with van der Waals surface area (Å²) in [5.41, 5.74) is 0.441. The first-order valence-corrected chi connectivity index (χ1v) is 7.76. The highest BCUT2D eigenvalue weighted by atomic mass is 32.1. The predicted molar refractivity (Wildman–Crippen MR) is 82.4 cm³/mol.